The van der Waals surface area contributed by atoms with Gasteiger partial charge in [-0.25, -0.2) is 4.79 Å². The summed E-state index contributed by atoms with van der Waals surface area (Å²) in [6.07, 6.45) is 12.6. The summed E-state index contributed by atoms with van der Waals surface area (Å²) in [6, 6.07) is 0. The van der Waals surface area contributed by atoms with Crippen LogP contribution < -0.4 is 0 Å². The molecule has 2 heteroatoms. The Hall–Kier alpha value is -1.05. The minimum Gasteiger partial charge on any atom is -0.456 e. The van der Waals surface area contributed by atoms with Gasteiger partial charge in [0.15, 0.2) is 0 Å². The van der Waals surface area contributed by atoms with Crippen LogP contribution in [0.15, 0.2) is 23.8 Å². The van der Waals surface area contributed by atoms with Gasteiger partial charge in [0.25, 0.3) is 0 Å². The molecular weight excluding hydrogens is 212 g/mol. The molecule has 0 aromatic rings. The van der Waals surface area contributed by atoms with E-state index < -0.39 is 0 Å². The largest absolute Gasteiger partial charge is 0.456 e. The second kappa shape index (κ2) is 5.07. The average Bonchev–Trinajstić information content (AvgIpc) is 2.29. The van der Waals surface area contributed by atoms with E-state index in [-0.39, 0.29) is 11.6 Å². The molecule has 2 aliphatic carbocycles. The van der Waals surface area contributed by atoms with Crippen LogP contribution in [0.4, 0.5) is 0 Å². The molecular formula is C15H22O2. The van der Waals surface area contributed by atoms with Gasteiger partial charge in [0, 0.05) is 5.57 Å². The zero-order chi connectivity index (χ0) is 12.3. The highest BCUT2D eigenvalue weighted by Crippen LogP contribution is 2.33. The lowest BCUT2D eigenvalue weighted by atomic mass is 9.86. The van der Waals surface area contributed by atoms with Gasteiger partial charge in [-0.3, -0.25) is 0 Å². The molecule has 0 radical (unpaired) electrons. The first-order valence-electron chi connectivity index (χ1n) is 6.71. The summed E-state index contributed by atoms with van der Waals surface area (Å²) >= 11 is 0. The summed E-state index contributed by atoms with van der Waals surface area (Å²) in [5, 5.41) is 0. The number of ether oxygens (including phenoxy) is 1. The third-order valence-electron chi connectivity index (χ3n) is 3.92. The molecule has 2 aliphatic rings. The van der Waals surface area contributed by atoms with E-state index in [1.165, 1.54) is 19.3 Å². The Bertz CT molecular complexity index is 346. The molecule has 0 saturated heterocycles. The lowest BCUT2D eigenvalue weighted by Crippen LogP contribution is -2.35. The van der Waals surface area contributed by atoms with Crippen LogP contribution in [0.5, 0.6) is 0 Å². The molecule has 0 spiro atoms. The number of hydrogen-bond donors (Lipinski definition) is 0. The summed E-state index contributed by atoms with van der Waals surface area (Å²) in [5.41, 5.74) is 0.608. The maximum Gasteiger partial charge on any atom is 0.334 e. The van der Waals surface area contributed by atoms with Crippen LogP contribution in [-0.4, -0.2) is 11.6 Å². The van der Waals surface area contributed by atoms with Gasteiger partial charge >= 0.3 is 5.97 Å². The van der Waals surface area contributed by atoms with Crippen LogP contribution in [0, 0.1) is 5.92 Å². The summed E-state index contributed by atoms with van der Waals surface area (Å²) in [4.78, 5) is 12.2. The molecule has 0 bridgehead atoms. The number of esters is 1. The second-order valence-corrected chi connectivity index (χ2v) is 5.59. The van der Waals surface area contributed by atoms with Crippen LogP contribution in [0.2, 0.25) is 0 Å². The molecule has 2 rings (SSSR count). The lowest BCUT2D eigenvalue weighted by Gasteiger charge is -2.34. The first-order chi connectivity index (χ1) is 8.11. The van der Waals surface area contributed by atoms with Gasteiger partial charge < -0.3 is 4.74 Å². The molecule has 0 heterocycles. The number of carbonyl (C=O) groups is 1. The van der Waals surface area contributed by atoms with Gasteiger partial charge in [-0.05, 0) is 44.9 Å². The summed E-state index contributed by atoms with van der Waals surface area (Å²) in [6.45, 7) is 4.16. The smallest absolute Gasteiger partial charge is 0.334 e. The third-order valence-corrected chi connectivity index (χ3v) is 3.92. The van der Waals surface area contributed by atoms with E-state index in [9.17, 15) is 4.79 Å². The molecule has 0 amide bonds. The van der Waals surface area contributed by atoms with Gasteiger partial charge in [-0.1, -0.05) is 31.6 Å². The molecule has 2 nitrogen and oxygen atoms in total. The fourth-order valence-corrected chi connectivity index (χ4v) is 2.70. The van der Waals surface area contributed by atoms with Gasteiger partial charge in [-0.15, -0.1) is 0 Å². The molecule has 1 fully saturated rings. The number of rotatable bonds is 2. The lowest BCUT2D eigenvalue weighted by molar-refractivity contribution is -0.156. The molecule has 1 atom stereocenters. The van der Waals surface area contributed by atoms with E-state index in [4.69, 9.17) is 4.74 Å². The van der Waals surface area contributed by atoms with Crippen LogP contribution in [0.1, 0.15) is 52.4 Å². The van der Waals surface area contributed by atoms with Crippen molar-refractivity contribution in [1.82, 2.24) is 0 Å². The average molecular weight is 234 g/mol. The topological polar surface area (TPSA) is 26.3 Å². The van der Waals surface area contributed by atoms with Crippen LogP contribution in [0.3, 0.4) is 0 Å². The van der Waals surface area contributed by atoms with Crippen molar-refractivity contribution < 1.29 is 9.53 Å². The maximum absolute atomic E-state index is 12.2. The zero-order valence-corrected chi connectivity index (χ0v) is 10.9. The van der Waals surface area contributed by atoms with Crippen molar-refractivity contribution in [3.05, 3.63) is 23.8 Å². The van der Waals surface area contributed by atoms with E-state index in [1.54, 1.807) is 0 Å². The predicted octanol–water partition coefficient (Wildman–Crippen LogP) is 3.77. The Balaban J connectivity index is 2.00. The molecule has 0 aliphatic heterocycles. The number of hydrogen-bond acceptors (Lipinski definition) is 2. The summed E-state index contributed by atoms with van der Waals surface area (Å²) in [5.74, 6) is 0.186. The van der Waals surface area contributed by atoms with Crippen molar-refractivity contribution in [3.63, 3.8) is 0 Å². The van der Waals surface area contributed by atoms with E-state index >= 15 is 0 Å². The molecule has 17 heavy (non-hydrogen) atoms. The van der Waals surface area contributed by atoms with Crippen LogP contribution in [0.25, 0.3) is 0 Å². The second-order valence-electron chi connectivity index (χ2n) is 5.59. The number of allylic oxidation sites excluding steroid dienone is 3. The zero-order valence-electron chi connectivity index (χ0n) is 10.9. The fraction of sp³-hybridized carbons (Fsp3) is 0.667. The van der Waals surface area contributed by atoms with E-state index in [0.29, 0.717) is 5.92 Å². The predicted molar refractivity (Wildman–Crippen MR) is 68.6 cm³/mol. The highest BCUT2D eigenvalue weighted by atomic mass is 16.6. The van der Waals surface area contributed by atoms with E-state index in [0.717, 1.165) is 24.8 Å². The maximum atomic E-state index is 12.2. The molecule has 1 unspecified atom stereocenters. The Morgan fingerprint density at radius 2 is 2.06 bits per heavy atom. The first kappa shape index (κ1) is 12.4. The Labute approximate surface area is 104 Å². The van der Waals surface area contributed by atoms with Gasteiger partial charge in [0.1, 0.15) is 5.60 Å². The Morgan fingerprint density at radius 3 is 2.71 bits per heavy atom. The summed E-state index contributed by atoms with van der Waals surface area (Å²) < 4.78 is 5.75. The van der Waals surface area contributed by atoms with Gasteiger partial charge in [-0.2, -0.15) is 0 Å². The molecule has 0 N–H and O–H groups in total. The number of carbonyl (C=O) groups excluding carboxylic acids is 1. The minimum atomic E-state index is -0.225. The van der Waals surface area contributed by atoms with E-state index in [1.807, 2.05) is 12.2 Å². The van der Waals surface area contributed by atoms with Crippen LogP contribution >= 0.6 is 0 Å². The molecule has 0 aromatic carbocycles. The van der Waals surface area contributed by atoms with Crippen molar-refractivity contribution in [2.45, 2.75) is 58.0 Å². The molecule has 94 valence electrons. The van der Waals surface area contributed by atoms with Crippen molar-refractivity contribution in [1.29, 1.82) is 0 Å². The summed E-state index contributed by atoms with van der Waals surface area (Å²) in [7, 11) is 0. The minimum absolute atomic E-state index is 0.105. The first-order valence-corrected chi connectivity index (χ1v) is 6.71. The van der Waals surface area contributed by atoms with Gasteiger partial charge in [0.2, 0.25) is 0 Å². The van der Waals surface area contributed by atoms with Crippen molar-refractivity contribution >= 4 is 5.97 Å². The van der Waals surface area contributed by atoms with Crippen LogP contribution in [-0.2, 0) is 9.53 Å². The van der Waals surface area contributed by atoms with Crippen molar-refractivity contribution in [3.8, 4) is 0 Å². The van der Waals surface area contributed by atoms with E-state index in [2.05, 4.69) is 19.9 Å². The monoisotopic (exact) mass is 234 g/mol. The molecule has 1 saturated carbocycles. The highest BCUT2D eigenvalue weighted by Gasteiger charge is 2.32. The van der Waals surface area contributed by atoms with Crippen molar-refractivity contribution in [2.24, 2.45) is 5.92 Å². The Kier molecular flexibility index (Phi) is 3.70. The SMILES string of the molecule is CC1CC=CC=C1C(=O)OC1(C)CCCCC1. The van der Waals surface area contributed by atoms with Crippen molar-refractivity contribution in [2.75, 3.05) is 0 Å². The quantitative estimate of drug-likeness (QED) is 0.680. The van der Waals surface area contributed by atoms with Gasteiger partial charge in [0.05, 0.1) is 0 Å². The standard InChI is InChI=1S/C15H22O2/c1-12-8-4-5-9-13(12)14(16)17-15(2)10-6-3-7-11-15/h4-5,9,12H,3,6-8,10-11H2,1-2H3. The highest BCUT2D eigenvalue weighted by molar-refractivity contribution is 5.90. The third kappa shape index (κ3) is 2.99. The fourth-order valence-electron chi connectivity index (χ4n) is 2.70. The Morgan fingerprint density at radius 1 is 1.35 bits per heavy atom. The normalized spacial score (nSPS) is 27.4. The molecule has 0 aromatic heterocycles.